The highest BCUT2D eigenvalue weighted by atomic mass is 31.2. The first-order chi connectivity index (χ1) is 6.08. The largest absolute Gasteiger partial charge is 0.469 e. The van der Waals surface area contributed by atoms with Crippen molar-refractivity contribution >= 4 is 7.82 Å². The van der Waals surface area contributed by atoms with Gasteiger partial charge >= 0.3 is 7.82 Å². The van der Waals surface area contributed by atoms with Crippen molar-refractivity contribution < 1.29 is 18.9 Å². The summed E-state index contributed by atoms with van der Waals surface area (Å²) in [5.74, 6) is 0. The van der Waals surface area contributed by atoms with Gasteiger partial charge in [0.1, 0.15) is 0 Å². The van der Waals surface area contributed by atoms with Crippen molar-refractivity contribution in [2.24, 2.45) is 0 Å². The van der Waals surface area contributed by atoms with Crippen LogP contribution in [0, 0.1) is 0 Å². The number of hydrogen-bond donors (Lipinski definition) is 3. The van der Waals surface area contributed by atoms with E-state index in [2.05, 4.69) is 9.84 Å². The number of phosphoric ester groups is 1. The van der Waals surface area contributed by atoms with E-state index in [9.17, 15) is 4.57 Å². The Morgan fingerprint density at radius 1 is 1.46 bits per heavy atom. The Morgan fingerprint density at radius 3 is 2.77 bits per heavy atom. The first-order valence-electron chi connectivity index (χ1n) is 4.51. The second-order valence-electron chi connectivity index (χ2n) is 3.26. The van der Waals surface area contributed by atoms with Gasteiger partial charge in [0.2, 0.25) is 0 Å². The van der Waals surface area contributed by atoms with Crippen LogP contribution in [0.15, 0.2) is 0 Å². The average Bonchev–Trinajstić information content (AvgIpc) is 2.04. The van der Waals surface area contributed by atoms with Gasteiger partial charge in [-0.15, -0.1) is 0 Å². The fourth-order valence-electron chi connectivity index (χ4n) is 1.48. The molecule has 0 radical (unpaired) electrons. The Balaban J connectivity index is 2.08. The molecular weight excluding hydrogens is 193 g/mol. The molecule has 6 heteroatoms. The molecule has 1 aliphatic heterocycles. The lowest BCUT2D eigenvalue weighted by Crippen LogP contribution is -2.34. The first kappa shape index (κ1) is 11.1. The molecule has 0 bridgehead atoms. The van der Waals surface area contributed by atoms with Crippen molar-refractivity contribution in [3.63, 3.8) is 0 Å². The zero-order valence-corrected chi connectivity index (χ0v) is 8.37. The molecule has 1 atom stereocenters. The van der Waals surface area contributed by atoms with E-state index in [1.165, 1.54) is 12.8 Å². The summed E-state index contributed by atoms with van der Waals surface area (Å²) in [5, 5.41) is 3.27. The zero-order valence-electron chi connectivity index (χ0n) is 7.48. The minimum Gasteiger partial charge on any atom is -0.314 e. The molecule has 1 fully saturated rings. The average molecular weight is 209 g/mol. The minimum absolute atomic E-state index is 0.127. The van der Waals surface area contributed by atoms with Crippen molar-refractivity contribution in [2.45, 2.75) is 31.7 Å². The molecule has 3 N–H and O–H groups in total. The predicted octanol–water partition coefficient (Wildman–Crippen LogP) is 0.628. The van der Waals surface area contributed by atoms with Crippen molar-refractivity contribution in [3.05, 3.63) is 0 Å². The zero-order chi connectivity index (χ0) is 9.73. The molecule has 5 nitrogen and oxygen atoms in total. The van der Waals surface area contributed by atoms with Crippen LogP contribution >= 0.6 is 7.82 Å². The van der Waals surface area contributed by atoms with E-state index < -0.39 is 7.82 Å². The van der Waals surface area contributed by atoms with Crippen molar-refractivity contribution in [2.75, 3.05) is 13.2 Å². The van der Waals surface area contributed by atoms with Crippen LogP contribution in [0.25, 0.3) is 0 Å². The lowest BCUT2D eigenvalue weighted by atomic mass is 10.0. The second kappa shape index (κ2) is 5.08. The van der Waals surface area contributed by atoms with Gasteiger partial charge < -0.3 is 15.1 Å². The molecule has 1 aliphatic rings. The molecule has 0 aromatic carbocycles. The molecule has 0 amide bonds. The standard InChI is InChI=1S/C7H16NO4P/c9-13(10,11)12-6-4-7-3-1-2-5-8-7/h7-8H,1-6H2,(H2,9,10,11). The second-order valence-corrected chi connectivity index (χ2v) is 4.50. The highest BCUT2D eigenvalue weighted by Crippen LogP contribution is 2.35. The summed E-state index contributed by atoms with van der Waals surface area (Å²) < 4.78 is 14.7. The Labute approximate surface area is 77.7 Å². The lowest BCUT2D eigenvalue weighted by Gasteiger charge is -2.23. The van der Waals surface area contributed by atoms with E-state index >= 15 is 0 Å². The van der Waals surface area contributed by atoms with E-state index in [-0.39, 0.29) is 6.61 Å². The van der Waals surface area contributed by atoms with Gasteiger partial charge in [0.15, 0.2) is 0 Å². The SMILES string of the molecule is O=P(O)(O)OCCC1CCCCN1. The molecule has 0 aliphatic carbocycles. The van der Waals surface area contributed by atoms with Crippen LogP contribution < -0.4 is 5.32 Å². The third-order valence-corrected chi connectivity index (χ3v) is 2.66. The maximum absolute atomic E-state index is 10.3. The van der Waals surface area contributed by atoms with Crippen LogP contribution in [0.3, 0.4) is 0 Å². The third-order valence-electron chi connectivity index (χ3n) is 2.14. The molecule has 1 saturated heterocycles. The van der Waals surface area contributed by atoms with E-state index in [4.69, 9.17) is 9.79 Å². The first-order valence-corrected chi connectivity index (χ1v) is 6.04. The van der Waals surface area contributed by atoms with Crippen LogP contribution in [0.5, 0.6) is 0 Å². The summed E-state index contributed by atoms with van der Waals surface area (Å²) in [5.41, 5.74) is 0. The fourth-order valence-corrected chi connectivity index (χ4v) is 1.83. The van der Waals surface area contributed by atoms with Crippen LogP contribution in [-0.4, -0.2) is 29.0 Å². The number of nitrogens with one attached hydrogen (secondary N) is 1. The quantitative estimate of drug-likeness (QED) is 0.592. The third kappa shape index (κ3) is 5.39. The topological polar surface area (TPSA) is 78.8 Å². The molecule has 0 saturated carbocycles. The van der Waals surface area contributed by atoms with E-state index in [1.807, 2.05) is 0 Å². The molecule has 78 valence electrons. The summed E-state index contributed by atoms with van der Waals surface area (Å²) >= 11 is 0. The molecule has 1 rings (SSSR count). The normalized spacial score (nSPS) is 24.6. The van der Waals surface area contributed by atoms with Gasteiger partial charge in [-0.1, -0.05) is 6.42 Å². The number of piperidine rings is 1. The van der Waals surface area contributed by atoms with Crippen LogP contribution in [0.4, 0.5) is 0 Å². The Morgan fingerprint density at radius 2 is 2.23 bits per heavy atom. The van der Waals surface area contributed by atoms with Crippen LogP contribution in [0.2, 0.25) is 0 Å². The molecule has 1 heterocycles. The molecule has 1 unspecified atom stereocenters. The molecule has 0 aromatic rings. The maximum atomic E-state index is 10.3. The van der Waals surface area contributed by atoms with Gasteiger partial charge in [0.05, 0.1) is 6.61 Å². The predicted molar refractivity (Wildman–Crippen MR) is 48.3 cm³/mol. The van der Waals surface area contributed by atoms with Gasteiger partial charge in [-0.3, -0.25) is 4.52 Å². The molecule has 0 aromatic heterocycles. The Hall–Kier alpha value is 0.0700. The van der Waals surface area contributed by atoms with E-state index in [0.717, 1.165) is 13.0 Å². The number of rotatable bonds is 4. The highest BCUT2D eigenvalue weighted by Gasteiger charge is 2.16. The summed E-state index contributed by atoms with van der Waals surface area (Å²) in [6.45, 7) is 1.13. The molecule has 13 heavy (non-hydrogen) atoms. The van der Waals surface area contributed by atoms with E-state index in [0.29, 0.717) is 12.5 Å². The van der Waals surface area contributed by atoms with Gasteiger partial charge in [-0.2, -0.15) is 0 Å². The maximum Gasteiger partial charge on any atom is 0.469 e. The minimum atomic E-state index is -4.26. The van der Waals surface area contributed by atoms with Gasteiger partial charge in [-0.25, -0.2) is 4.57 Å². The van der Waals surface area contributed by atoms with Crippen LogP contribution in [-0.2, 0) is 9.09 Å². The summed E-state index contributed by atoms with van der Waals surface area (Å²) in [6.07, 6.45) is 4.12. The monoisotopic (exact) mass is 209 g/mol. The smallest absolute Gasteiger partial charge is 0.314 e. The van der Waals surface area contributed by atoms with Gasteiger partial charge in [-0.05, 0) is 25.8 Å². The Kier molecular flexibility index (Phi) is 4.35. The number of hydrogen-bond acceptors (Lipinski definition) is 3. The van der Waals surface area contributed by atoms with Crippen molar-refractivity contribution in [3.8, 4) is 0 Å². The van der Waals surface area contributed by atoms with E-state index in [1.54, 1.807) is 0 Å². The van der Waals surface area contributed by atoms with Crippen molar-refractivity contribution in [1.82, 2.24) is 5.32 Å². The Bertz CT molecular complexity index is 187. The van der Waals surface area contributed by atoms with Gasteiger partial charge in [0.25, 0.3) is 0 Å². The fraction of sp³-hybridized carbons (Fsp3) is 1.00. The molecular formula is C7H16NO4P. The highest BCUT2D eigenvalue weighted by molar-refractivity contribution is 7.46. The van der Waals surface area contributed by atoms with Crippen molar-refractivity contribution in [1.29, 1.82) is 0 Å². The summed E-state index contributed by atoms with van der Waals surface area (Å²) in [4.78, 5) is 16.8. The summed E-state index contributed by atoms with van der Waals surface area (Å²) in [6, 6.07) is 0.361. The number of phosphoric acid groups is 1. The lowest BCUT2D eigenvalue weighted by molar-refractivity contribution is 0.184. The van der Waals surface area contributed by atoms with Crippen LogP contribution in [0.1, 0.15) is 25.7 Å². The van der Waals surface area contributed by atoms with Gasteiger partial charge in [0, 0.05) is 6.04 Å². The molecule has 0 spiro atoms. The summed E-state index contributed by atoms with van der Waals surface area (Å²) in [7, 11) is -4.26.